The van der Waals surface area contributed by atoms with Crippen molar-refractivity contribution in [1.29, 1.82) is 0 Å². The van der Waals surface area contributed by atoms with Crippen LogP contribution in [0.25, 0.3) is 0 Å². The molecule has 1 saturated heterocycles. The zero-order valence-electron chi connectivity index (χ0n) is 14.4. The van der Waals surface area contributed by atoms with Crippen LogP contribution < -0.4 is 4.90 Å². The first-order valence-corrected chi connectivity index (χ1v) is 8.79. The summed E-state index contributed by atoms with van der Waals surface area (Å²) < 4.78 is 5.64. The van der Waals surface area contributed by atoms with E-state index in [2.05, 4.69) is 28.6 Å². The van der Waals surface area contributed by atoms with Crippen molar-refractivity contribution in [3.8, 4) is 0 Å². The standard InChI is InChI=1S/C16H29N3O2S/c1-12-13(2)22-15(17-12)19-8-6-18(7-9-19)10-14(20)11-21-16(3,4)5/h14,20H,6-11H2,1-5H3. The summed E-state index contributed by atoms with van der Waals surface area (Å²) in [4.78, 5) is 10.6. The number of aromatic nitrogens is 1. The van der Waals surface area contributed by atoms with Gasteiger partial charge in [0.15, 0.2) is 5.13 Å². The number of aliphatic hydroxyl groups excluding tert-OH is 1. The molecule has 1 aliphatic heterocycles. The number of piperazine rings is 1. The van der Waals surface area contributed by atoms with Gasteiger partial charge in [0.2, 0.25) is 0 Å². The van der Waals surface area contributed by atoms with Gasteiger partial charge in [0, 0.05) is 37.6 Å². The number of nitrogens with zero attached hydrogens (tertiary/aromatic N) is 3. The molecule has 5 nitrogen and oxygen atoms in total. The number of rotatable bonds is 5. The minimum absolute atomic E-state index is 0.194. The zero-order chi connectivity index (χ0) is 16.3. The lowest BCUT2D eigenvalue weighted by atomic mass is 10.2. The highest BCUT2D eigenvalue weighted by Gasteiger charge is 2.22. The summed E-state index contributed by atoms with van der Waals surface area (Å²) in [5, 5.41) is 11.2. The summed E-state index contributed by atoms with van der Waals surface area (Å²) in [5.74, 6) is 0. The smallest absolute Gasteiger partial charge is 0.185 e. The van der Waals surface area contributed by atoms with Gasteiger partial charge in [-0.15, -0.1) is 11.3 Å². The number of anilines is 1. The zero-order valence-corrected chi connectivity index (χ0v) is 15.2. The molecule has 1 N–H and O–H groups in total. The van der Waals surface area contributed by atoms with E-state index in [0.717, 1.165) is 37.0 Å². The van der Waals surface area contributed by atoms with Crippen molar-refractivity contribution in [1.82, 2.24) is 9.88 Å². The third kappa shape index (κ3) is 5.19. The molecule has 1 aromatic heterocycles. The van der Waals surface area contributed by atoms with E-state index < -0.39 is 6.10 Å². The molecule has 126 valence electrons. The Morgan fingerprint density at radius 2 is 1.86 bits per heavy atom. The third-order valence-electron chi connectivity index (χ3n) is 3.84. The minimum Gasteiger partial charge on any atom is -0.389 e. The van der Waals surface area contributed by atoms with Crippen molar-refractivity contribution in [3.63, 3.8) is 0 Å². The van der Waals surface area contributed by atoms with Crippen LogP contribution in [0.2, 0.25) is 0 Å². The van der Waals surface area contributed by atoms with Gasteiger partial charge in [0.05, 0.1) is 24.0 Å². The molecule has 0 bridgehead atoms. The van der Waals surface area contributed by atoms with E-state index in [1.54, 1.807) is 11.3 Å². The fourth-order valence-electron chi connectivity index (χ4n) is 2.41. The Labute approximate surface area is 137 Å². The molecule has 0 aromatic carbocycles. The van der Waals surface area contributed by atoms with Crippen molar-refractivity contribution < 1.29 is 9.84 Å². The van der Waals surface area contributed by atoms with Crippen LogP contribution in [-0.2, 0) is 4.74 Å². The number of aliphatic hydroxyl groups is 1. The SMILES string of the molecule is Cc1nc(N2CCN(CC(O)COC(C)(C)C)CC2)sc1C. The van der Waals surface area contributed by atoms with Crippen molar-refractivity contribution in [2.45, 2.75) is 46.3 Å². The summed E-state index contributed by atoms with van der Waals surface area (Å²) in [6.45, 7) is 15.2. The second-order valence-electron chi connectivity index (χ2n) is 7.00. The first-order valence-electron chi connectivity index (χ1n) is 7.98. The Bertz CT molecular complexity index is 457. The number of hydrogen-bond acceptors (Lipinski definition) is 6. The van der Waals surface area contributed by atoms with Crippen LogP contribution in [0.15, 0.2) is 0 Å². The van der Waals surface area contributed by atoms with Gasteiger partial charge >= 0.3 is 0 Å². The molecular weight excluding hydrogens is 298 g/mol. The molecule has 2 rings (SSSR count). The van der Waals surface area contributed by atoms with Crippen LogP contribution in [0, 0.1) is 13.8 Å². The number of ether oxygens (including phenoxy) is 1. The van der Waals surface area contributed by atoms with E-state index in [0.29, 0.717) is 13.2 Å². The molecule has 1 unspecified atom stereocenters. The van der Waals surface area contributed by atoms with Crippen molar-refractivity contribution >= 4 is 16.5 Å². The second-order valence-corrected chi connectivity index (χ2v) is 8.18. The summed E-state index contributed by atoms with van der Waals surface area (Å²) in [5.41, 5.74) is 0.942. The van der Waals surface area contributed by atoms with Gasteiger partial charge in [-0.2, -0.15) is 0 Å². The Morgan fingerprint density at radius 1 is 1.23 bits per heavy atom. The highest BCUT2D eigenvalue weighted by atomic mass is 32.1. The van der Waals surface area contributed by atoms with E-state index in [9.17, 15) is 5.11 Å². The summed E-state index contributed by atoms with van der Waals surface area (Å²) >= 11 is 1.77. The van der Waals surface area contributed by atoms with E-state index in [1.807, 2.05) is 20.8 Å². The Kier molecular flexibility index (Phi) is 5.82. The molecule has 2 heterocycles. The quantitative estimate of drug-likeness (QED) is 0.897. The predicted molar refractivity (Wildman–Crippen MR) is 92.0 cm³/mol. The molecule has 0 amide bonds. The van der Waals surface area contributed by atoms with Crippen molar-refractivity contribution in [2.75, 3.05) is 44.2 Å². The Hall–Kier alpha value is -0.690. The van der Waals surface area contributed by atoms with Crippen LogP contribution in [0.3, 0.4) is 0 Å². The van der Waals surface area contributed by atoms with Gasteiger partial charge in [0.1, 0.15) is 0 Å². The minimum atomic E-state index is -0.421. The maximum Gasteiger partial charge on any atom is 0.185 e. The Balaban J connectivity index is 1.75. The molecule has 22 heavy (non-hydrogen) atoms. The van der Waals surface area contributed by atoms with E-state index in [1.165, 1.54) is 4.88 Å². The lowest BCUT2D eigenvalue weighted by Gasteiger charge is -2.35. The van der Waals surface area contributed by atoms with Gasteiger partial charge in [-0.05, 0) is 34.6 Å². The fraction of sp³-hybridized carbons (Fsp3) is 0.812. The second kappa shape index (κ2) is 7.25. The number of hydrogen-bond donors (Lipinski definition) is 1. The summed E-state index contributed by atoms with van der Waals surface area (Å²) in [7, 11) is 0. The molecule has 1 aromatic rings. The molecule has 6 heteroatoms. The first kappa shape index (κ1) is 17.7. The topological polar surface area (TPSA) is 48.8 Å². The molecule has 0 aliphatic carbocycles. The number of thiazole rings is 1. The van der Waals surface area contributed by atoms with Crippen LogP contribution in [-0.4, -0.2) is 66.0 Å². The maximum atomic E-state index is 10.1. The normalized spacial score (nSPS) is 18.7. The molecule has 1 fully saturated rings. The monoisotopic (exact) mass is 327 g/mol. The molecule has 0 radical (unpaired) electrons. The van der Waals surface area contributed by atoms with Crippen LogP contribution in [0.5, 0.6) is 0 Å². The van der Waals surface area contributed by atoms with Gasteiger partial charge in [-0.25, -0.2) is 4.98 Å². The van der Waals surface area contributed by atoms with E-state index >= 15 is 0 Å². The third-order valence-corrected chi connectivity index (χ3v) is 4.97. The number of β-amino-alcohol motifs (C(OH)–C–C–N with tert-alkyl or cyclic N) is 1. The predicted octanol–water partition coefficient (Wildman–Crippen LogP) is 2.06. The lowest BCUT2D eigenvalue weighted by Crippen LogP contribution is -2.49. The molecule has 1 atom stereocenters. The van der Waals surface area contributed by atoms with E-state index in [4.69, 9.17) is 4.74 Å². The Morgan fingerprint density at radius 3 is 2.36 bits per heavy atom. The van der Waals surface area contributed by atoms with Gasteiger partial charge < -0.3 is 14.7 Å². The molecule has 0 spiro atoms. The average Bonchev–Trinajstić information content (AvgIpc) is 2.77. The van der Waals surface area contributed by atoms with Crippen LogP contribution in [0.1, 0.15) is 31.3 Å². The van der Waals surface area contributed by atoms with Crippen molar-refractivity contribution in [2.24, 2.45) is 0 Å². The molecular formula is C16H29N3O2S. The first-order chi connectivity index (χ1) is 10.2. The molecule has 0 saturated carbocycles. The van der Waals surface area contributed by atoms with E-state index in [-0.39, 0.29) is 5.60 Å². The summed E-state index contributed by atoms with van der Waals surface area (Å²) in [6.07, 6.45) is -0.421. The largest absolute Gasteiger partial charge is 0.389 e. The van der Waals surface area contributed by atoms with Gasteiger partial charge in [0.25, 0.3) is 0 Å². The number of aryl methyl sites for hydroxylation is 2. The highest BCUT2D eigenvalue weighted by molar-refractivity contribution is 7.15. The van der Waals surface area contributed by atoms with Gasteiger partial charge in [-0.1, -0.05) is 0 Å². The van der Waals surface area contributed by atoms with Crippen LogP contribution >= 0.6 is 11.3 Å². The highest BCUT2D eigenvalue weighted by Crippen LogP contribution is 2.25. The van der Waals surface area contributed by atoms with Crippen molar-refractivity contribution in [3.05, 3.63) is 10.6 Å². The maximum absolute atomic E-state index is 10.1. The summed E-state index contributed by atoms with van der Waals surface area (Å²) in [6, 6.07) is 0. The molecule has 1 aliphatic rings. The van der Waals surface area contributed by atoms with Gasteiger partial charge in [-0.3, -0.25) is 4.90 Å². The van der Waals surface area contributed by atoms with Crippen LogP contribution in [0.4, 0.5) is 5.13 Å². The lowest BCUT2D eigenvalue weighted by molar-refractivity contribution is -0.0563. The average molecular weight is 327 g/mol. The fourth-order valence-corrected chi connectivity index (χ4v) is 3.37.